The van der Waals surface area contributed by atoms with E-state index in [2.05, 4.69) is 16.3 Å². The predicted octanol–water partition coefficient (Wildman–Crippen LogP) is 2.52. The molecular weight excluding hydrogens is 264 g/mol. The van der Waals surface area contributed by atoms with Gasteiger partial charge in [-0.1, -0.05) is 31.6 Å². The summed E-state index contributed by atoms with van der Waals surface area (Å²) in [5, 5.41) is 3.02. The Morgan fingerprint density at radius 2 is 2.05 bits per heavy atom. The Hall–Kier alpha value is -1.13. The molecule has 0 aromatic rings. The SMILES string of the molecule is CC.CC1=CCCC(C(=O)NCCCN2CCOCC2)=C1. The molecule has 4 heteroatoms. The third-order valence-corrected chi connectivity index (χ3v) is 3.61. The third-order valence-electron chi connectivity index (χ3n) is 3.61. The van der Waals surface area contributed by atoms with Gasteiger partial charge in [-0.25, -0.2) is 0 Å². The number of rotatable bonds is 5. The zero-order chi connectivity index (χ0) is 15.5. The van der Waals surface area contributed by atoms with Gasteiger partial charge < -0.3 is 10.1 Å². The molecule has 0 bridgehead atoms. The van der Waals surface area contributed by atoms with E-state index in [0.717, 1.165) is 64.2 Å². The van der Waals surface area contributed by atoms with Crippen LogP contribution < -0.4 is 5.32 Å². The lowest BCUT2D eigenvalue weighted by Crippen LogP contribution is -2.38. The van der Waals surface area contributed by atoms with Crippen LogP contribution in [0.3, 0.4) is 0 Å². The van der Waals surface area contributed by atoms with E-state index in [9.17, 15) is 4.79 Å². The molecule has 1 saturated heterocycles. The van der Waals surface area contributed by atoms with Gasteiger partial charge in [-0.15, -0.1) is 0 Å². The van der Waals surface area contributed by atoms with E-state index in [1.54, 1.807) is 0 Å². The van der Waals surface area contributed by atoms with Gasteiger partial charge in [-0.05, 0) is 32.7 Å². The van der Waals surface area contributed by atoms with Crippen LogP contribution in [0.2, 0.25) is 0 Å². The van der Waals surface area contributed by atoms with Crippen molar-refractivity contribution >= 4 is 5.91 Å². The lowest BCUT2D eigenvalue weighted by molar-refractivity contribution is -0.117. The van der Waals surface area contributed by atoms with Crippen molar-refractivity contribution in [3.63, 3.8) is 0 Å². The summed E-state index contributed by atoms with van der Waals surface area (Å²) in [5.74, 6) is 0.106. The zero-order valence-electron chi connectivity index (χ0n) is 13.8. The number of hydrogen-bond acceptors (Lipinski definition) is 3. The fourth-order valence-corrected chi connectivity index (χ4v) is 2.48. The number of carbonyl (C=O) groups is 1. The molecule has 0 spiro atoms. The van der Waals surface area contributed by atoms with Crippen LogP contribution in [0.25, 0.3) is 0 Å². The van der Waals surface area contributed by atoms with Crippen LogP contribution in [0, 0.1) is 0 Å². The summed E-state index contributed by atoms with van der Waals surface area (Å²) in [6, 6.07) is 0. The van der Waals surface area contributed by atoms with Crippen LogP contribution >= 0.6 is 0 Å². The van der Waals surface area contributed by atoms with Gasteiger partial charge >= 0.3 is 0 Å². The van der Waals surface area contributed by atoms with Crippen molar-refractivity contribution in [3.05, 3.63) is 23.3 Å². The fourth-order valence-electron chi connectivity index (χ4n) is 2.48. The van der Waals surface area contributed by atoms with E-state index in [4.69, 9.17) is 4.74 Å². The number of allylic oxidation sites excluding steroid dienone is 3. The van der Waals surface area contributed by atoms with Crippen LogP contribution in [-0.2, 0) is 9.53 Å². The molecule has 4 nitrogen and oxygen atoms in total. The highest BCUT2D eigenvalue weighted by Crippen LogP contribution is 2.16. The largest absolute Gasteiger partial charge is 0.379 e. The highest BCUT2D eigenvalue weighted by molar-refractivity contribution is 5.94. The maximum atomic E-state index is 12.0. The number of nitrogens with zero attached hydrogens (tertiary/aromatic N) is 1. The van der Waals surface area contributed by atoms with Crippen LogP contribution in [0.15, 0.2) is 23.3 Å². The highest BCUT2D eigenvalue weighted by atomic mass is 16.5. The number of amides is 1. The van der Waals surface area contributed by atoms with Crippen molar-refractivity contribution in [2.45, 2.75) is 40.0 Å². The van der Waals surface area contributed by atoms with E-state index in [0.29, 0.717) is 0 Å². The lowest BCUT2D eigenvalue weighted by atomic mass is 10.00. The minimum atomic E-state index is 0.106. The van der Waals surface area contributed by atoms with Gasteiger partial charge in [0.2, 0.25) is 5.91 Å². The first-order valence-corrected chi connectivity index (χ1v) is 8.21. The molecule has 0 unspecified atom stereocenters. The Labute approximate surface area is 129 Å². The average molecular weight is 294 g/mol. The Bertz CT molecular complexity index is 369. The summed E-state index contributed by atoms with van der Waals surface area (Å²) in [4.78, 5) is 14.3. The Kier molecular flexibility index (Phi) is 9.02. The van der Waals surface area contributed by atoms with E-state index in [1.165, 1.54) is 5.57 Å². The second-order valence-electron chi connectivity index (χ2n) is 5.22. The number of hydrogen-bond donors (Lipinski definition) is 1. The van der Waals surface area contributed by atoms with Crippen LogP contribution in [0.1, 0.15) is 40.0 Å². The fraction of sp³-hybridized carbons (Fsp3) is 0.706. The summed E-state index contributed by atoms with van der Waals surface area (Å²) in [7, 11) is 0. The molecule has 1 aliphatic carbocycles. The Balaban J connectivity index is 0.00000106. The summed E-state index contributed by atoms with van der Waals surface area (Å²) < 4.78 is 5.31. The standard InChI is InChI=1S/C15H24N2O2.C2H6/c1-13-4-2-5-14(12-13)15(18)16-6-3-7-17-8-10-19-11-9-17;1-2/h4,12H,2-3,5-11H2,1H3,(H,16,18);1-2H3. The lowest BCUT2D eigenvalue weighted by Gasteiger charge is -2.26. The van der Waals surface area contributed by atoms with Gasteiger partial charge in [0.25, 0.3) is 0 Å². The minimum absolute atomic E-state index is 0.106. The normalized spacial score (nSPS) is 19.0. The van der Waals surface area contributed by atoms with E-state index < -0.39 is 0 Å². The van der Waals surface area contributed by atoms with Crippen LogP contribution in [0.4, 0.5) is 0 Å². The molecule has 2 rings (SSSR count). The quantitative estimate of drug-likeness (QED) is 0.792. The molecule has 0 aromatic heterocycles. The van der Waals surface area contributed by atoms with Gasteiger partial charge in [0, 0.05) is 25.2 Å². The molecule has 1 aliphatic heterocycles. The summed E-state index contributed by atoms with van der Waals surface area (Å²) >= 11 is 0. The number of morpholine rings is 1. The summed E-state index contributed by atoms with van der Waals surface area (Å²) in [5.41, 5.74) is 2.12. The molecule has 0 atom stereocenters. The van der Waals surface area contributed by atoms with Gasteiger partial charge in [-0.2, -0.15) is 0 Å². The minimum Gasteiger partial charge on any atom is -0.379 e. The predicted molar refractivity (Wildman–Crippen MR) is 87.3 cm³/mol. The maximum Gasteiger partial charge on any atom is 0.247 e. The van der Waals surface area contributed by atoms with E-state index in [-0.39, 0.29) is 5.91 Å². The topological polar surface area (TPSA) is 41.6 Å². The smallest absolute Gasteiger partial charge is 0.247 e. The van der Waals surface area contributed by atoms with Crippen molar-refractivity contribution < 1.29 is 9.53 Å². The van der Waals surface area contributed by atoms with Gasteiger partial charge in [-0.3, -0.25) is 9.69 Å². The highest BCUT2D eigenvalue weighted by Gasteiger charge is 2.12. The van der Waals surface area contributed by atoms with Crippen molar-refractivity contribution in [2.24, 2.45) is 0 Å². The van der Waals surface area contributed by atoms with Crippen molar-refractivity contribution in [2.75, 3.05) is 39.4 Å². The maximum absolute atomic E-state index is 12.0. The first kappa shape index (κ1) is 17.9. The van der Waals surface area contributed by atoms with Gasteiger partial charge in [0.05, 0.1) is 13.2 Å². The molecule has 0 radical (unpaired) electrons. The summed E-state index contributed by atoms with van der Waals surface area (Å²) in [6.07, 6.45) is 7.04. The summed E-state index contributed by atoms with van der Waals surface area (Å²) in [6.45, 7) is 11.6. The monoisotopic (exact) mass is 294 g/mol. The molecule has 1 heterocycles. The Morgan fingerprint density at radius 1 is 1.33 bits per heavy atom. The number of carbonyl (C=O) groups excluding carboxylic acids is 1. The van der Waals surface area contributed by atoms with Crippen LogP contribution in [0.5, 0.6) is 0 Å². The van der Waals surface area contributed by atoms with Gasteiger partial charge in [0.15, 0.2) is 0 Å². The second kappa shape index (κ2) is 10.6. The molecule has 0 aromatic carbocycles. The van der Waals surface area contributed by atoms with E-state index in [1.807, 2.05) is 26.8 Å². The molecule has 21 heavy (non-hydrogen) atoms. The average Bonchev–Trinajstić information content (AvgIpc) is 2.54. The zero-order valence-corrected chi connectivity index (χ0v) is 13.8. The molecule has 0 saturated carbocycles. The van der Waals surface area contributed by atoms with Crippen molar-refractivity contribution in [1.29, 1.82) is 0 Å². The van der Waals surface area contributed by atoms with Crippen LogP contribution in [-0.4, -0.2) is 50.2 Å². The molecule has 1 N–H and O–H groups in total. The second-order valence-corrected chi connectivity index (χ2v) is 5.22. The molecule has 120 valence electrons. The number of nitrogens with one attached hydrogen (secondary N) is 1. The first-order chi connectivity index (χ1) is 10.3. The molecule has 2 aliphatic rings. The van der Waals surface area contributed by atoms with Crippen molar-refractivity contribution in [1.82, 2.24) is 10.2 Å². The van der Waals surface area contributed by atoms with E-state index >= 15 is 0 Å². The first-order valence-electron chi connectivity index (χ1n) is 8.21. The molecular formula is C17H30N2O2. The third kappa shape index (κ3) is 6.91. The van der Waals surface area contributed by atoms with Gasteiger partial charge in [0.1, 0.15) is 0 Å². The van der Waals surface area contributed by atoms with Crippen molar-refractivity contribution in [3.8, 4) is 0 Å². The number of ether oxygens (including phenoxy) is 1. The molecule has 1 amide bonds. The Morgan fingerprint density at radius 3 is 2.71 bits per heavy atom. The molecule has 1 fully saturated rings.